The zero-order valence-electron chi connectivity index (χ0n) is 19.5. The van der Waals surface area contributed by atoms with Crippen molar-refractivity contribution in [2.24, 2.45) is 11.3 Å². The Balaban J connectivity index is 2.05. The van der Waals surface area contributed by atoms with Crippen LogP contribution in [0.3, 0.4) is 0 Å². The third kappa shape index (κ3) is 6.61. The largest absolute Gasteiger partial charge is 0.491 e. The van der Waals surface area contributed by atoms with Gasteiger partial charge < -0.3 is 14.2 Å². The monoisotopic (exact) mass is 433 g/mol. The lowest BCUT2D eigenvalue weighted by Gasteiger charge is -2.28. The number of carbonyl (C=O) groups is 3. The van der Waals surface area contributed by atoms with Gasteiger partial charge in [0.05, 0.1) is 25.7 Å². The van der Waals surface area contributed by atoms with Crippen molar-refractivity contribution >= 4 is 17.6 Å². The molecule has 31 heavy (non-hydrogen) atoms. The van der Waals surface area contributed by atoms with Gasteiger partial charge in [0.25, 0.3) is 0 Å². The van der Waals surface area contributed by atoms with Gasteiger partial charge in [-0.05, 0) is 36.5 Å². The summed E-state index contributed by atoms with van der Waals surface area (Å²) in [5, 5.41) is 0. The van der Waals surface area contributed by atoms with Crippen LogP contribution in [0.2, 0.25) is 0 Å². The first-order valence-electron chi connectivity index (χ1n) is 10.7. The van der Waals surface area contributed by atoms with Crippen molar-refractivity contribution in [1.82, 2.24) is 4.90 Å². The van der Waals surface area contributed by atoms with Crippen LogP contribution in [0.1, 0.15) is 45.2 Å². The maximum Gasteiger partial charge on any atom is 0.234 e. The summed E-state index contributed by atoms with van der Waals surface area (Å²) in [6.07, 6.45) is 0.454. The van der Waals surface area contributed by atoms with Crippen LogP contribution in [-0.2, 0) is 30.3 Å². The highest BCUT2D eigenvalue weighted by molar-refractivity contribution is 6.07. The number of hydrogen-bond acceptors (Lipinski definition) is 6. The number of methoxy groups -OCH3 is 1. The fourth-order valence-electron chi connectivity index (χ4n) is 3.75. The lowest BCUT2D eigenvalue weighted by atomic mass is 9.80. The molecule has 1 aromatic rings. The summed E-state index contributed by atoms with van der Waals surface area (Å²) in [4.78, 5) is 39.2. The van der Waals surface area contributed by atoms with Crippen molar-refractivity contribution in [3.8, 4) is 5.75 Å². The van der Waals surface area contributed by atoms with Gasteiger partial charge in [0.2, 0.25) is 11.8 Å². The molecule has 1 aliphatic heterocycles. The Morgan fingerprint density at radius 2 is 1.84 bits per heavy atom. The number of hydrogen-bond donors (Lipinski definition) is 0. The third-order valence-electron chi connectivity index (χ3n) is 5.59. The van der Waals surface area contributed by atoms with Crippen LogP contribution in [0, 0.1) is 18.3 Å². The summed E-state index contributed by atoms with van der Waals surface area (Å²) in [6, 6.07) is 4.87. The minimum atomic E-state index is -0.785. The minimum Gasteiger partial charge on any atom is -0.491 e. The van der Waals surface area contributed by atoms with Crippen LogP contribution in [0.25, 0.3) is 0 Å². The van der Waals surface area contributed by atoms with Gasteiger partial charge >= 0.3 is 0 Å². The zero-order valence-corrected chi connectivity index (χ0v) is 19.5. The number of aryl methyl sites for hydroxylation is 1. The second-order valence-corrected chi connectivity index (χ2v) is 9.11. The van der Waals surface area contributed by atoms with Crippen LogP contribution in [-0.4, -0.2) is 62.1 Å². The summed E-state index contributed by atoms with van der Waals surface area (Å²) >= 11 is 0. The van der Waals surface area contributed by atoms with E-state index >= 15 is 0 Å². The Labute approximate surface area is 185 Å². The van der Waals surface area contributed by atoms with E-state index in [0.717, 1.165) is 16.9 Å². The molecule has 172 valence electrons. The van der Waals surface area contributed by atoms with Gasteiger partial charge in [0.1, 0.15) is 18.4 Å². The molecule has 0 aromatic heterocycles. The molecule has 7 nitrogen and oxygen atoms in total. The van der Waals surface area contributed by atoms with E-state index in [4.69, 9.17) is 14.2 Å². The van der Waals surface area contributed by atoms with Crippen LogP contribution >= 0.6 is 0 Å². The number of benzene rings is 1. The van der Waals surface area contributed by atoms with E-state index in [0.29, 0.717) is 32.8 Å². The number of ketones is 1. The van der Waals surface area contributed by atoms with Crippen LogP contribution in [0.15, 0.2) is 18.2 Å². The molecule has 2 unspecified atom stereocenters. The number of rotatable bonds is 11. The predicted molar refractivity (Wildman–Crippen MR) is 117 cm³/mol. The molecule has 1 aliphatic rings. The molecule has 1 saturated heterocycles. The second kappa shape index (κ2) is 10.9. The second-order valence-electron chi connectivity index (χ2n) is 9.11. The molecule has 0 bridgehead atoms. The van der Waals surface area contributed by atoms with Crippen molar-refractivity contribution < 1.29 is 28.6 Å². The van der Waals surface area contributed by atoms with Gasteiger partial charge in [-0.3, -0.25) is 19.3 Å². The molecular weight excluding hydrogens is 398 g/mol. The predicted octanol–water partition coefficient (Wildman–Crippen LogP) is 2.96. The summed E-state index contributed by atoms with van der Waals surface area (Å²) in [7, 11) is 1.62. The standard InChI is InChI=1S/C24H35NO6/c1-16-13-18(7-8-21(16)31-12-11-30-10-9-29-6)14-20(17(2)26)25-22(27)15-19(23(25)28)24(3,4)5/h7-8,13,19-20H,9-12,14-15H2,1-6H3. The first kappa shape index (κ1) is 25.0. The first-order valence-corrected chi connectivity index (χ1v) is 10.7. The van der Waals surface area contributed by atoms with Gasteiger partial charge in [-0.1, -0.05) is 32.9 Å². The molecule has 2 atom stereocenters. The Morgan fingerprint density at radius 3 is 2.39 bits per heavy atom. The fourth-order valence-corrected chi connectivity index (χ4v) is 3.75. The van der Waals surface area contributed by atoms with Crippen LogP contribution < -0.4 is 4.74 Å². The Hall–Kier alpha value is -2.25. The molecule has 0 N–H and O–H groups in total. The Kier molecular flexibility index (Phi) is 8.77. The minimum absolute atomic E-state index is 0.157. The molecule has 1 heterocycles. The summed E-state index contributed by atoms with van der Waals surface area (Å²) in [6.45, 7) is 11.1. The SMILES string of the molecule is COCCOCCOc1ccc(CC(C(C)=O)N2C(=O)CC(C(C)(C)C)C2=O)cc1C. The highest BCUT2D eigenvalue weighted by Gasteiger charge is 2.48. The van der Waals surface area contributed by atoms with E-state index < -0.39 is 12.0 Å². The molecule has 0 saturated carbocycles. The first-order chi connectivity index (χ1) is 14.6. The molecule has 0 radical (unpaired) electrons. The molecule has 2 amide bonds. The quantitative estimate of drug-likeness (QED) is 0.394. The number of Topliss-reactive ketones (excluding diaryl/α,β-unsaturated/α-hetero) is 1. The topological polar surface area (TPSA) is 82.1 Å². The molecule has 0 spiro atoms. The lowest BCUT2D eigenvalue weighted by molar-refractivity contribution is -0.147. The number of carbonyl (C=O) groups excluding carboxylic acids is 3. The van der Waals surface area contributed by atoms with Crippen molar-refractivity contribution in [3.63, 3.8) is 0 Å². The van der Waals surface area contributed by atoms with Crippen molar-refractivity contribution in [1.29, 1.82) is 0 Å². The molecular formula is C24H35NO6. The van der Waals surface area contributed by atoms with Gasteiger partial charge in [0, 0.05) is 20.0 Å². The third-order valence-corrected chi connectivity index (χ3v) is 5.59. The van der Waals surface area contributed by atoms with E-state index in [1.165, 1.54) is 11.8 Å². The van der Waals surface area contributed by atoms with Gasteiger partial charge in [-0.25, -0.2) is 0 Å². The normalized spacial score (nSPS) is 17.9. The van der Waals surface area contributed by atoms with Crippen molar-refractivity contribution in [3.05, 3.63) is 29.3 Å². The maximum atomic E-state index is 12.9. The van der Waals surface area contributed by atoms with E-state index in [1.54, 1.807) is 7.11 Å². The number of imide groups is 1. The molecule has 7 heteroatoms. The van der Waals surface area contributed by atoms with Gasteiger partial charge in [0.15, 0.2) is 5.78 Å². The molecule has 0 aliphatic carbocycles. The van der Waals surface area contributed by atoms with Crippen LogP contribution in [0.5, 0.6) is 5.75 Å². The summed E-state index contributed by atoms with van der Waals surface area (Å²) < 4.78 is 16.1. The summed E-state index contributed by atoms with van der Waals surface area (Å²) in [5.41, 5.74) is 1.47. The van der Waals surface area contributed by atoms with E-state index in [2.05, 4.69) is 0 Å². The average Bonchev–Trinajstić information content (AvgIpc) is 2.98. The summed E-state index contributed by atoms with van der Waals surface area (Å²) in [5.74, 6) is -0.370. The van der Waals surface area contributed by atoms with Crippen molar-refractivity contribution in [2.45, 2.75) is 53.5 Å². The molecule has 1 aromatic carbocycles. The smallest absolute Gasteiger partial charge is 0.234 e. The van der Waals surface area contributed by atoms with Gasteiger partial charge in [-0.2, -0.15) is 0 Å². The average molecular weight is 434 g/mol. The van der Waals surface area contributed by atoms with Gasteiger partial charge in [-0.15, -0.1) is 0 Å². The highest BCUT2D eigenvalue weighted by atomic mass is 16.5. The highest BCUT2D eigenvalue weighted by Crippen LogP contribution is 2.37. The van der Waals surface area contributed by atoms with E-state index in [1.807, 2.05) is 45.9 Å². The fraction of sp³-hybridized carbons (Fsp3) is 0.625. The van der Waals surface area contributed by atoms with E-state index in [-0.39, 0.29) is 29.4 Å². The number of likely N-dealkylation sites (tertiary alicyclic amines) is 1. The number of ether oxygens (including phenoxy) is 3. The van der Waals surface area contributed by atoms with Crippen LogP contribution in [0.4, 0.5) is 0 Å². The lowest BCUT2D eigenvalue weighted by Crippen LogP contribution is -2.46. The maximum absolute atomic E-state index is 12.9. The molecule has 2 rings (SSSR count). The molecule has 1 fully saturated rings. The number of nitrogens with zero attached hydrogens (tertiary/aromatic N) is 1. The van der Waals surface area contributed by atoms with Crippen molar-refractivity contribution in [2.75, 3.05) is 33.5 Å². The Morgan fingerprint density at radius 1 is 1.16 bits per heavy atom. The Bertz CT molecular complexity index is 798. The zero-order chi connectivity index (χ0) is 23.2. The number of amides is 2. The van der Waals surface area contributed by atoms with E-state index in [9.17, 15) is 14.4 Å².